The monoisotopic (exact) mass is 1670 g/mol. The van der Waals surface area contributed by atoms with Crippen LogP contribution in [-0.2, 0) is 38.1 Å². The minimum absolute atomic E-state index is 0.00550. The fourth-order valence-corrected chi connectivity index (χ4v) is 20.0. The van der Waals surface area contributed by atoms with Gasteiger partial charge in [0.2, 0.25) is 0 Å². The van der Waals surface area contributed by atoms with E-state index in [1.165, 1.54) is 6.08 Å². The molecule has 0 radical (unpaired) electrons. The van der Waals surface area contributed by atoms with Crippen molar-refractivity contribution in [3.8, 4) is 23.0 Å². The fraction of sp³-hybridized carbons (Fsp3) is 0.630. The van der Waals surface area contributed by atoms with Gasteiger partial charge in [-0.1, -0.05) is 91.1 Å². The maximum absolute atomic E-state index is 14.6. The number of rotatable bonds is 38. The molecule has 26 heteroatoms. The summed E-state index contributed by atoms with van der Waals surface area (Å²) in [6.07, 6.45) is 23.3. The van der Waals surface area contributed by atoms with Gasteiger partial charge in [0, 0.05) is 85.9 Å². The Hall–Kier alpha value is -7.08. The Balaban J connectivity index is 0.000000180. The number of esters is 1. The Labute approximate surface area is 696 Å². The Bertz CT molecular complexity index is 3560. The third kappa shape index (κ3) is 32.1. The highest BCUT2D eigenvalue weighted by Gasteiger charge is 2.49. The molecule has 10 N–H and O–H groups in total. The molecule has 4 heterocycles. The van der Waals surface area contributed by atoms with E-state index in [4.69, 9.17) is 53.2 Å². The lowest BCUT2D eigenvalue weighted by Crippen LogP contribution is -2.33. The SMILES string of the molecule is CC(C)OC(=O)CCC[C@H]1CC[C@@H]2[C@@H](CC[C@@H](O)COc3ccccc3)[C@H](O)C[C@@H]2S1.O=C(O)CCC[C@H]1CC[C@@H]2[C@@H](/C=C/[C@@H](O)COc3ccccc3)[C@H](O)C[C@@H]2O1.O=C(O)CCC[C@H]1CC[C@@H]2[C@@H](/C=C/[C@@H](O)COc3ccccc3)[C@H](O)C[C@@H]2O1.O=C(O)CCC[C@H]1CC[C@H]2[C@H](CC(F)[C@@H]2/C=C/[C@@H](O)COc2cc(F)ccc2F)OC1. The van der Waals surface area contributed by atoms with Gasteiger partial charge in [-0.25, -0.2) is 13.2 Å². The fourth-order valence-electron chi connectivity index (χ4n) is 18.1. The van der Waals surface area contributed by atoms with Crippen molar-refractivity contribution >= 4 is 35.6 Å². The maximum atomic E-state index is 14.6. The zero-order valence-corrected chi connectivity index (χ0v) is 68.9. The maximum Gasteiger partial charge on any atom is 0.306 e. The summed E-state index contributed by atoms with van der Waals surface area (Å²) >= 11 is 2.02. The van der Waals surface area contributed by atoms with Crippen LogP contribution < -0.4 is 18.9 Å². The second kappa shape index (κ2) is 49.7. The summed E-state index contributed by atoms with van der Waals surface area (Å²) in [6, 6.07) is 31.1. The van der Waals surface area contributed by atoms with Crippen LogP contribution in [0.5, 0.6) is 23.0 Å². The van der Waals surface area contributed by atoms with Gasteiger partial charge in [-0.3, -0.25) is 19.2 Å². The van der Waals surface area contributed by atoms with Crippen molar-refractivity contribution in [1.29, 1.82) is 0 Å². The Kier molecular flexibility index (Phi) is 39.9. The molecule has 8 aliphatic rings. The van der Waals surface area contributed by atoms with E-state index in [1.807, 2.05) is 129 Å². The van der Waals surface area contributed by atoms with Crippen molar-refractivity contribution in [2.45, 2.75) is 277 Å². The molecule has 1 unspecified atom stereocenters. The van der Waals surface area contributed by atoms with E-state index in [-0.39, 0.29) is 142 Å². The lowest BCUT2D eigenvalue weighted by molar-refractivity contribution is -0.147. The molecule has 4 saturated carbocycles. The number of carbonyl (C=O) groups excluding carboxylic acids is 1. The predicted molar refractivity (Wildman–Crippen MR) is 440 cm³/mol. The largest absolute Gasteiger partial charge is 0.491 e. The van der Waals surface area contributed by atoms with E-state index in [9.17, 15) is 68.1 Å². The Morgan fingerprint density at radius 1 is 0.500 bits per heavy atom. The van der Waals surface area contributed by atoms with Gasteiger partial charge < -0.3 is 89.0 Å². The molecule has 0 spiro atoms. The highest BCUT2D eigenvalue weighted by atomic mass is 32.2. The smallest absolute Gasteiger partial charge is 0.306 e. The number of ether oxygens (including phenoxy) is 8. The van der Waals surface area contributed by atoms with Crippen LogP contribution in [0.1, 0.15) is 181 Å². The lowest BCUT2D eigenvalue weighted by Gasteiger charge is -2.34. The normalized spacial score (nSPS) is 30.0. The molecule has 4 aromatic rings. The zero-order chi connectivity index (χ0) is 84.5. The topological polar surface area (TPSA) is 344 Å². The average Bonchev–Trinajstić information content (AvgIpc) is 1.69. The molecule has 12 rings (SSSR count). The van der Waals surface area contributed by atoms with Crippen LogP contribution in [0.4, 0.5) is 13.2 Å². The number of thioether (sulfide) groups is 1. The van der Waals surface area contributed by atoms with Crippen molar-refractivity contribution < 1.29 is 121 Å². The number of allylic oxidation sites excluding steroid dienone is 1. The number of alkyl halides is 1. The molecule has 654 valence electrons. The van der Waals surface area contributed by atoms with Crippen molar-refractivity contribution in [3.05, 3.63) is 157 Å². The molecule has 0 aromatic heterocycles. The van der Waals surface area contributed by atoms with Crippen LogP contribution in [0, 0.1) is 64.9 Å². The Morgan fingerprint density at radius 2 is 0.966 bits per heavy atom. The summed E-state index contributed by atoms with van der Waals surface area (Å²) in [5.41, 5.74) is 0. The van der Waals surface area contributed by atoms with Gasteiger partial charge in [0.05, 0.1) is 61.0 Å². The van der Waals surface area contributed by atoms with E-state index >= 15 is 0 Å². The van der Waals surface area contributed by atoms with E-state index < -0.39 is 78.3 Å². The molecule has 118 heavy (non-hydrogen) atoms. The highest BCUT2D eigenvalue weighted by molar-refractivity contribution is 8.00. The van der Waals surface area contributed by atoms with Gasteiger partial charge in [0.1, 0.15) is 74.0 Å². The predicted octanol–water partition coefficient (Wildman–Crippen LogP) is 14.4. The van der Waals surface area contributed by atoms with Gasteiger partial charge in [-0.2, -0.15) is 11.8 Å². The number of aliphatic carboxylic acids is 3. The quantitative estimate of drug-likeness (QED) is 0.0147. The van der Waals surface area contributed by atoms with Crippen LogP contribution in [-0.4, -0.2) is 204 Å². The number of benzene rings is 4. The number of carboxylic acid groups (broad SMARTS) is 3. The van der Waals surface area contributed by atoms with E-state index in [0.717, 1.165) is 120 Å². The van der Waals surface area contributed by atoms with Crippen LogP contribution in [0.15, 0.2) is 146 Å². The second-order valence-corrected chi connectivity index (χ2v) is 34.8. The molecule has 4 aromatic carbocycles. The summed E-state index contributed by atoms with van der Waals surface area (Å²) in [5.74, 6) is -0.832. The molecule has 4 aliphatic carbocycles. The first kappa shape index (κ1) is 94.8. The standard InChI is InChI=1S/C25H38O5S.C23H29F3O5.2C22H30O6/c1-17(2)30-25(28)10-6-9-20-12-14-22-21(23(27)15-24(22)31-20)13-11-18(26)16-29-19-7-4-3-5-8-19;24-15-5-9-19(25)22(10-15)31-13-16(27)6-8-17-18-7-4-14(2-1-3-23(28)29)12-30-21(18)11-20(17)26;2*23-15(14-27-16-5-2-1-3-6-16)9-11-18-19-12-10-17(7-4-8-22(25)26)28-21(19)13-20(18)24/h3-5,7-8,17-18,20-24,26-27H,6,9-16H2,1-2H3;5-6,8-10,14,16-18,20-21,27H,1-4,7,11-13H2,(H,28,29);2*1-3,5-6,9,11,15,17-21,23-24H,4,7-8,10,12-14H2,(H,25,26)/b;8-6+;2*11-9+/t18-,20+,21-,22-,23-,24+;14-,16+,17+,18+,20?,21-;2*15-,17+,18-,19-,20-,21+/m1011/s1. The van der Waals surface area contributed by atoms with Crippen molar-refractivity contribution in [2.24, 2.45) is 53.3 Å². The number of fused-ring (bicyclic) bond motifs is 4. The summed E-state index contributed by atoms with van der Waals surface area (Å²) in [7, 11) is 0. The number of aliphatic hydroxyl groups is 7. The zero-order valence-electron chi connectivity index (χ0n) is 68.1. The van der Waals surface area contributed by atoms with Gasteiger partial charge in [0.25, 0.3) is 0 Å². The van der Waals surface area contributed by atoms with Crippen LogP contribution >= 0.6 is 11.8 Å². The van der Waals surface area contributed by atoms with Crippen LogP contribution in [0.3, 0.4) is 0 Å². The molecule has 22 nitrogen and oxygen atoms in total. The summed E-state index contributed by atoms with van der Waals surface area (Å²) in [6.45, 7) is 4.62. The van der Waals surface area contributed by atoms with Crippen LogP contribution in [0.25, 0.3) is 0 Å². The third-order valence-corrected chi connectivity index (χ3v) is 25.8. The van der Waals surface area contributed by atoms with Crippen molar-refractivity contribution in [3.63, 3.8) is 0 Å². The van der Waals surface area contributed by atoms with Crippen LogP contribution in [0.2, 0.25) is 0 Å². The summed E-state index contributed by atoms with van der Waals surface area (Å²) in [5, 5.41) is 99.7. The molecule has 8 fully saturated rings. The molecular weight excluding hydrogens is 1550 g/mol. The number of aliphatic hydroxyl groups excluding tert-OH is 7. The van der Waals surface area contributed by atoms with E-state index in [1.54, 1.807) is 18.2 Å². The summed E-state index contributed by atoms with van der Waals surface area (Å²) in [4.78, 5) is 43.7. The number of para-hydroxylation sites is 3. The number of carboxylic acids is 3. The average molecular weight is 1670 g/mol. The lowest BCUT2D eigenvalue weighted by atomic mass is 9.85. The second-order valence-electron chi connectivity index (χ2n) is 33.3. The molecule has 24 atom stereocenters. The minimum Gasteiger partial charge on any atom is -0.491 e. The molecular formula is C92H127F3O22S. The van der Waals surface area contributed by atoms with Gasteiger partial charge >= 0.3 is 23.9 Å². The third-order valence-electron chi connectivity index (χ3n) is 24.1. The first-order valence-electron chi connectivity index (χ1n) is 42.8. The number of carbonyl (C=O) groups is 4. The number of hydrogen-bond donors (Lipinski definition) is 10. The summed E-state index contributed by atoms with van der Waals surface area (Å²) < 4.78 is 86.7. The number of hydrogen-bond acceptors (Lipinski definition) is 20. The van der Waals surface area contributed by atoms with Gasteiger partial charge in [-0.15, -0.1) is 0 Å². The van der Waals surface area contributed by atoms with E-state index in [2.05, 4.69) is 0 Å². The molecule has 4 aliphatic heterocycles. The van der Waals surface area contributed by atoms with Crippen molar-refractivity contribution in [2.75, 3.05) is 33.0 Å². The highest BCUT2D eigenvalue weighted by Crippen LogP contribution is 2.52. The molecule has 4 saturated heterocycles. The van der Waals surface area contributed by atoms with E-state index in [0.29, 0.717) is 85.9 Å². The first-order valence-corrected chi connectivity index (χ1v) is 43.7. The van der Waals surface area contributed by atoms with Gasteiger partial charge in [0.15, 0.2) is 11.6 Å². The Morgan fingerprint density at radius 3 is 1.48 bits per heavy atom. The number of halogens is 3. The molecule has 0 bridgehead atoms. The van der Waals surface area contributed by atoms with Crippen molar-refractivity contribution in [1.82, 2.24) is 0 Å². The molecule has 0 amide bonds. The minimum atomic E-state index is -1.09. The van der Waals surface area contributed by atoms with Gasteiger partial charge in [-0.05, 0) is 220 Å². The first-order chi connectivity index (χ1) is 56.8.